The van der Waals surface area contributed by atoms with E-state index in [1.165, 1.54) is 0 Å². The average Bonchev–Trinajstić information content (AvgIpc) is 1.59. The van der Waals surface area contributed by atoms with Crippen LogP contribution in [0, 0.1) is 30.3 Å². The minimum absolute atomic E-state index is 0. The Kier molecular flexibility index (Phi) is 21.4. The van der Waals surface area contributed by atoms with Crippen LogP contribution in [0.4, 0.5) is 17.3 Å². The van der Waals surface area contributed by atoms with Crippen molar-refractivity contribution < 1.29 is 41.2 Å². The zero-order valence-electron chi connectivity index (χ0n) is 63.5. The van der Waals surface area contributed by atoms with Gasteiger partial charge in [0, 0.05) is 35.1 Å². The van der Waals surface area contributed by atoms with Crippen LogP contribution in [0.1, 0.15) is 0 Å². The van der Waals surface area contributed by atoms with Crippen LogP contribution >= 0.6 is 0 Å². The van der Waals surface area contributed by atoms with Gasteiger partial charge in [-0.25, -0.2) is 17.7 Å². The third kappa shape index (κ3) is 15.0. The minimum atomic E-state index is 0. The van der Waals surface area contributed by atoms with Gasteiger partial charge >= 0.3 is 41.2 Å². The van der Waals surface area contributed by atoms with E-state index in [4.69, 9.17) is 24.9 Å². The zero-order chi connectivity index (χ0) is 77.1. The van der Waals surface area contributed by atoms with Crippen LogP contribution in [0.25, 0.3) is 184 Å². The Bertz CT molecular complexity index is 6770. The topological polar surface area (TPSA) is 72.6 Å². The van der Waals surface area contributed by atoms with Gasteiger partial charge in [0.1, 0.15) is 11.6 Å². The van der Waals surface area contributed by atoms with Crippen LogP contribution in [0.2, 0.25) is 0 Å². The van der Waals surface area contributed by atoms with E-state index < -0.39 is 0 Å². The van der Waals surface area contributed by atoms with Crippen molar-refractivity contribution in [2.45, 2.75) is 0 Å². The SMILES string of the molecule is [Ir+3].[Pt+2].[c-]1cc(-c2ccccc2-c2cc(-c3ccccc3-c3c[c-]c(-c4ccccn4)cc3-c3cccc(-c4ccccc4)c3)cc(-c3ccccc3-c3c[c-]c(-c4ccccn4)cc3-c3cccc(-c4ccccc4)c3)c2)c[c-]c1-c1nccc(N(c2ccc3c4ccccc4n(-c4ccccc4)c3c2)c2cccc(-c3[c-]cccc3)n2)n1. The molecule has 558 valence electrons. The van der Waals surface area contributed by atoms with Crippen LogP contribution < -0.4 is 4.90 Å². The molecule has 0 bridgehead atoms. The number of hydrogen-bond acceptors (Lipinski definition) is 6. The van der Waals surface area contributed by atoms with E-state index in [2.05, 4.69) is 349 Å². The summed E-state index contributed by atoms with van der Waals surface area (Å²) in [5.41, 5.74) is 31.0. The number of rotatable bonds is 18. The zero-order valence-corrected chi connectivity index (χ0v) is 68.2. The van der Waals surface area contributed by atoms with Crippen LogP contribution in [-0.4, -0.2) is 29.5 Å². The number of hydrogen-bond donors (Lipinski definition) is 0. The largest absolute Gasteiger partial charge is 3.00 e. The van der Waals surface area contributed by atoms with Crippen molar-refractivity contribution >= 4 is 39.1 Å². The molecule has 0 aliphatic carbocycles. The third-order valence-electron chi connectivity index (χ3n) is 21.6. The molecule has 0 spiro atoms. The molecular formula is C109H68IrN7Pt. The number of nitrogens with zero attached hydrogens (tertiary/aromatic N) is 7. The predicted molar refractivity (Wildman–Crippen MR) is 475 cm³/mol. The maximum atomic E-state index is 5.41. The Morgan fingerprint density at radius 3 is 1.27 bits per heavy atom. The molecule has 5 aromatic heterocycles. The van der Waals surface area contributed by atoms with Gasteiger partial charge in [-0.1, -0.05) is 288 Å². The number of pyridine rings is 3. The molecule has 0 atom stereocenters. The minimum Gasteiger partial charge on any atom is -0.333 e. The molecule has 0 unspecified atom stereocenters. The Labute approximate surface area is 714 Å². The van der Waals surface area contributed by atoms with Gasteiger partial charge in [0.25, 0.3) is 0 Å². The molecule has 0 saturated carbocycles. The van der Waals surface area contributed by atoms with Gasteiger partial charge in [-0.3, -0.25) is 22.0 Å². The fourth-order valence-corrected chi connectivity index (χ4v) is 16.1. The summed E-state index contributed by atoms with van der Waals surface area (Å²) in [6.45, 7) is 0. The molecular weight excluding hydrogens is 1790 g/mol. The second kappa shape index (κ2) is 33.7. The van der Waals surface area contributed by atoms with E-state index in [-0.39, 0.29) is 41.2 Å². The van der Waals surface area contributed by atoms with Crippen molar-refractivity contribution in [2.24, 2.45) is 0 Å². The third-order valence-corrected chi connectivity index (χ3v) is 21.6. The molecule has 5 heterocycles. The number of fused-ring (bicyclic) bond motifs is 3. The van der Waals surface area contributed by atoms with Gasteiger partial charge in [0.05, 0.1) is 16.7 Å². The van der Waals surface area contributed by atoms with Gasteiger partial charge in [0.15, 0.2) is 0 Å². The standard InChI is InChI=1S/C109H68N7.Ir.Pt/c1-5-28-74(29-6-1)79-34-25-36-81(66-79)100-71-83(102-47-21-23-63-110-102)56-59-96(100)94-44-17-15-42-92(94)86-68-85(69-87(70-86)93-43-16-18-45-95(93)97-60-57-84(103-48-22-24-64-111-103)72-101(97)82-37-26-35-80(67-82)75-30-7-2-8-31-75)91-41-14-13-40-90(91)76-52-54-78(55-53-76)109-112-65-62-108(114-109)116(107-51-27-49-104(113-107)77-32-9-3-10-33-77)89-58-61-99-98-46-19-20-50-105(98)115(106(99)73-89)88-38-11-4-12-39-88;;/h1-32,34-53,58-73H;;/q-5;+3;+2. The number of para-hydroxylation sites is 2. The summed E-state index contributed by atoms with van der Waals surface area (Å²) in [7, 11) is 0. The van der Waals surface area contributed by atoms with Crippen LogP contribution in [0.3, 0.4) is 0 Å². The Morgan fingerprint density at radius 1 is 0.254 bits per heavy atom. The molecule has 0 amide bonds. The first-order chi connectivity index (χ1) is 57.5. The summed E-state index contributed by atoms with van der Waals surface area (Å²) >= 11 is 0. The van der Waals surface area contributed by atoms with E-state index in [9.17, 15) is 0 Å². The summed E-state index contributed by atoms with van der Waals surface area (Å²) < 4.78 is 2.33. The van der Waals surface area contributed by atoms with Crippen molar-refractivity contribution in [1.29, 1.82) is 0 Å². The van der Waals surface area contributed by atoms with E-state index >= 15 is 0 Å². The fraction of sp³-hybridized carbons (Fsp3) is 0. The molecule has 20 aromatic rings. The van der Waals surface area contributed by atoms with Crippen LogP contribution in [0.5, 0.6) is 0 Å². The summed E-state index contributed by atoms with van der Waals surface area (Å²) in [4.78, 5) is 27.5. The monoisotopic (exact) mass is 1860 g/mol. The predicted octanol–water partition coefficient (Wildman–Crippen LogP) is 27.6. The summed E-state index contributed by atoms with van der Waals surface area (Å²) in [5, 5.41) is 2.30. The first kappa shape index (κ1) is 75.1. The molecule has 0 fully saturated rings. The quantitative estimate of drug-likeness (QED) is 0.0797. The van der Waals surface area contributed by atoms with Gasteiger partial charge in [-0.15, -0.1) is 83.4 Å². The first-order valence-electron chi connectivity index (χ1n) is 38.8. The number of aromatic nitrogens is 6. The van der Waals surface area contributed by atoms with Crippen molar-refractivity contribution in [2.75, 3.05) is 4.90 Å². The Morgan fingerprint density at radius 2 is 0.712 bits per heavy atom. The summed E-state index contributed by atoms with van der Waals surface area (Å²) in [6.07, 6.45) is 5.50. The van der Waals surface area contributed by atoms with Gasteiger partial charge in [-0.2, -0.15) is 5.56 Å². The fourth-order valence-electron chi connectivity index (χ4n) is 16.1. The molecule has 20 rings (SSSR count). The Balaban J connectivity index is 0.00000480. The van der Waals surface area contributed by atoms with Crippen molar-refractivity contribution in [1.82, 2.24) is 29.5 Å². The molecule has 0 aliphatic heterocycles. The first-order valence-corrected chi connectivity index (χ1v) is 38.8. The maximum absolute atomic E-state index is 5.41. The van der Waals surface area contributed by atoms with E-state index in [1.807, 2.05) is 104 Å². The average molecular weight is 1860 g/mol. The second-order valence-electron chi connectivity index (χ2n) is 28.6. The van der Waals surface area contributed by atoms with Gasteiger partial charge in [-0.05, 0) is 175 Å². The second-order valence-corrected chi connectivity index (χ2v) is 28.6. The summed E-state index contributed by atoms with van der Waals surface area (Å²) in [6, 6.07) is 157. The number of benzene rings is 15. The Hall–Kier alpha value is -14.2. The molecule has 118 heavy (non-hydrogen) atoms. The van der Waals surface area contributed by atoms with Crippen molar-refractivity contribution in [3.8, 4) is 162 Å². The summed E-state index contributed by atoms with van der Waals surface area (Å²) in [5.74, 6) is 1.76. The molecule has 0 aliphatic rings. The van der Waals surface area contributed by atoms with Crippen molar-refractivity contribution in [3.05, 3.63) is 443 Å². The van der Waals surface area contributed by atoms with Crippen molar-refractivity contribution in [3.63, 3.8) is 0 Å². The van der Waals surface area contributed by atoms with E-state index in [0.29, 0.717) is 23.0 Å². The molecule has 0 radical (unpaired) electrons. The normalized spacial score (nSPS) is 11.1. The smallest absolute Gasteiger partial charge is 0.333 e. The van der Waals surface area contributed by atoms with Gasteiger partial charge < -0.3 is 24.5 Å². The molecule has 15 aromatic carbocycles. The van der Waals surface area contributed by atoms with E-state index in [0.717, 1.165) is 178 Å². The van der Waals surface area contributed by atoms with Crippen LogP contribution in [-0.2, 0) is 41.2 Å². The molecule has 9 heteroatoms. The molecule has 0 saturated heterocycles. The molecule has 0 N–H and O–H groups in total. The number of anilines is 3. The maximum Gasteiger partial charge on any atom is 3.00 e. The van der Waals surface area contributed by atoms with E-state index in [1.54, 1.807) is 0 Å². The molecule has 7 nitrogen and oxygen atoms in total. The van der Waals surface area contributed by atoms with Gasteiger partial charge in [0.2, 0.25) is 0 Å². The van der Waals surface area contributed by atoms with Crippen LogP contribution in [0.15, 0.2) is 413 Å².